The van der Waals surface area contributed by atoms with Crippen molar-refractivity contribution in [2.24, 2.45) is 0 Å². The van der Waals surface area contributed by atoms with Gasteiger partial charge in [0.2, 0.25) is 0 Å². The maximum atomic E-state index is 10.9. The number of hydrogen-bond acceptors (Lipinski definition) is 2. The number of anilines is 1. The molecule has 2 rings (SSSR count). The number of hydrogen-bond donors (Lipinski definition) is 2. The van der Waals surface area contributed by atoms with E-state index in [1.54, 1.807) is 12.1 Å². The molecular formula is C16H15Br2NO2. The zero-order valence-corrected chi connectivity index (χ0v) is 14.7. The van der Waals surface area contributed by atoms with Crippen molar-refractivity contribution in [3.05, 3.63) is 62.0 Å². The van der Waals surface area contributed by atoms with Crippen LogP contribution in [0.15, 0.2) is 45.3 Å². The summed E-state index contributed by atoms with van der Waals surface area (Å²) in [6.45, 7) is 2.75. The van der Waals surface area contributed by atoms with Gasteiger partial charge in [-0.1, -0.05) is 44.8 Å². The molecule has 2 aromatic rings. The Kier molecular flexibility index (Phi) is 5.42. The lowest BCUT2D eigenvalue weighted by Gasteiger charge is -2.13. The normalized spacial score (nSPS) is 10.4. The van der Waals surface area contributed by atoms with Crippen molar-refractivity contribution in [3.63, 3.8) is 0 Å². The number of halogens is 2. The van der Waals surface area contributed by atoms with Gasteiger partial charge in [0, 0.05) is 21.2 Å². The maximum absolute atomic E-state index is 10.9. The molecule has 0 aliphatic heterocycles. The van der Waals surface area contributed by atoms with E-state index in [0.29, 0.717) is 6.54 Å². The van der Waals surface area contributed by atoms with Crippen LogP contribution in [0, 0.1) is 0 Å². The molecule has 110 valence electrons. The number of aryl methyl sites for hydroxylation is 1. The van der Waals surface area contributed by atoms with E-state index in [4.69, 9.17) is 5.11 Å². The smallest absolute Gasteiger partial charge is 0.335 e. The molecule has 0 saturated carbocycles. The number of benzene rings is 2. The van der Waals surface area contributed by atoms with E-state index in [9.17, 15) is 4.79 Å². The monoisotopic (exact) mass is 411 g/mol. The van der Waals surface area contributed by atoms with Crippen molar-refractivity contribution >= 4 is 43.5 Å². The van der Waals surface area contributed by atoms with Crippen LogP contribution >= 0.6 is 31.9 Å². The summed E-state index contributed by atoms with van der Waals surface area (Å²) in [6.07, 6.45) is 0.945. The van der Waals surface area contributed by atoms with E-state index in [1.807, 2.05) is 18.2 Å². The van der Waals surface area contributed by atoms with E-state index in [2.05, 4.69) is 50.2 Å². The van der Waals surface area contributed by atoms with Gasteiger partial charge in [0.15, 0.2) is 0 Å². The van der Waals surface area contributed by atoms with Gasteiger partial charge < -0.3 is 10.4 Å². The Morgan fingerprint density at radius 3 is 2.52 bits per heavy atom. The summed E-state index contributed by atoms with van der Waals surface area (Å²) in [6, 6.07) is 11.2. The van der Waals surface area contributed by atoms with Gasteiger partial charge >= 0.3 is 5.97 Å². The van der Waals surface area contributed by atoms with Crippen molar-refractivity contribution in [1.29, 1.82) is 0 Å². The van der Waals surface area contributed by atoms with E-state index in [0.717, 1.165) is 26.6 Å². The molecule has 0 spiro atoms. The molecule has 0 heterocycles. The quantitative estimate of drug-likeness (QED) is 0.719. The summed E-state index contributed by atoms with van der Waals surface area (Å²) in [7, 11) is 0. The van der Waals surface area contributed by atoms with Crippen LogP contribution in [0.3, 0.4) is 0 Å². The zero-order chi connectivity index (χ0) is 15.4. The number of aromatic carboxylic acids is 1. The lowest BCUT2D eigenvalue weighted by atomic mass is 10.1. The molecule has 0 aliphatic carbocycles. The minimum absolute atomic E-state index is 0.281. The third-order valence-corrected chi connectivity index (χ3v) is 4.45. The topological polar surface area (TPSA) is 49.3 Å². The predicted octanol–water partition coefficient (Wildman–Crippen LogP) is 5.08. The lowest BCUT2D eigenvalue weighted by molar-refractivity contribution is 0.0697. The van der Waals surface area contributed by atoms with Crippen LogP contribution < -0.4 is 5.32 Å². The van der Waals surface area contributed by atoms with Crippen LogP contribution in [0.4, 0.5) is 5.69 Å². The number of carboxylic acid groups (broad SMARTS) is 1. The minimum atomic E-state index is -0.920. The van der Waals surface area contributed by atoms with Crippen molar-refractivity contribution < 1.29 is 9.90 Å². The third-order valence-electron chi connectivity index (χ3n) is 3.22. The van der Waals surface area contributed by atoms with Crippen LogP contribution in [0.2, 0.25) is 0 Å². The van der Waals surface area contributed by atoms with Crippen LogP contribution in [0.5, 0.6) is 0 Å². The summed E-state index contributed by atoms with van der Waals surface area (Å²) in [5.74, 6) is -0.920. The summed E-state index contributed by atoms with van der Waals surface area (Å²) >= 11 is 6.90. The Hall–Kier alpha value is -1.33. The van der Waals surface area contributed by atoms with Crippen LogP contribution in [-0.2, 0) is 13.0 Å². The minimum Gasteiger partial charge on any atom is -0.478 e. The molecule has 21 heavy (non-hydrogen) atoms. The van der Waals surface area contributed by atoms with Gasteiger partial charge in [-0.25, -0.2) is 4.79 Å². The maximum Gasteiger partial charge on any atom is 0.335 e. The molecule has 3 nitrogen and oxygen atoms in total. The van der Waals surface area contributed by atoms with Gasteiger partial charge in [-0.05, 0) is 47.9 Å². The van der Waals surface area contributed by atoms with Crippen LogP contribution in [0.25, 0.3) is 0 Å². The first-order valence-electron chi connectivity index (χ1n) is 6.55. The number of nitrogens with one attached hydrogen (secondary N) is 1. The molecule has 0 atom stereocenters. The SMILES string of the molecule is CCc1cc(Br)ccc1NCc1ccc(C(=O)O)cc1Br. The fourth-order valence-electron chi connectivity index (χ4n) is 2.04. The average Bonchev–Trinajstić information content (AvgIpc) is 2.46. The van der Waals surface area contributed by atoms with E-state index in [-0.39, 0.29) is 5.56 Å². The van der Waals surface area contributed by atoms with Crippen LogP contribution in [-0.4, -0.2) is 11.1 Å². The first-order valence-corrected chi connectivity index (χ1v) is 8.14. The first-order chi connectivity index (χ1) is 10.0. The second-order valence-corrected chi connectivity index (χ2v) is 6.39. The van der Waals surface area contributed by atoms with Gasteiger partial charge in [0.05, 0.1) is 5.56 Å². The summed E-state index contributed by atoms with van der Waals surface area (Å²) in [5.41, 5.74) is 3.63. The molecule has 0 unspecified atom stereocenters. The van der Waals surface area contributed by atoms with Crippen molar-refractivity contribution in [2.45, 2.75) is 19.9 Å². The Morgan fingerprint density at radius 1 is 1.14 bits per heavy atom. The number of carboxylic acids is 1. The van der Waals surface area contributed by atoms with Crippen molar-refractivity contribution in [2.75, 3.05) is 5.32 Å². The summed E-state index contributed by atoms with van der Waals surface area (Å²) in [5, 5.41) is 12.4. The van der Waals surface area contributed by atoms with Crippen molar-refractivity contribution in [3.8, 4) is 0 Å². The van der Waals surface area contributed by atoms with E-state index in [1.165, 1.54) is 5.56 Å². The van der Waals surface area contributed by atoms with Gasteiger partial charge in [-0.2, -0.15) is 0 Å². The van der Waals surface area contributed by atoms with E-state index < -0.39 is 5.97 Å². The number of rotatable bonds is 5. The first kappa shape index (κ1) is 16.0. The van der Waals surface area contributed by atoms with E-state index >= 15 is 0 Å². The standard InChI is InChI=1S/C16H15Br2NO2/c1-2-10-7-13(17)5-6-15(10)19-9-12-4-3-11(16(20)21)8-14(12)18/h3-8,19H,2,9H2,1H3,(H,20,21). The average molecular weight is 413 g/mol. The number of carbonyl (C=O) groups is 1. The van der Waals surface area contributed by atoms with Gasteiger partial charge in [-0.15, -0.1) is 0 Å². The second-order valence-electron chi connectivity index (χ2n) is 4.62. The van der Waals surface area contributed by atoms with Crippen molar-refractivity contribution in [1.82, 2.24) is 0 Å². The highest BCUT2D eigenvalue weighted by Gasteiger charge is 2.07. The molecule has 2 N–H and O–H groups in total. The summed E-state index contributed by atoms with van der Waals surface area (Å²) < 4.78 is 1.86. The molecule has 0 amide bonds. The fourth-order valence-corrected chi connectivity index (χ4v) is 2.97. The van der Waals surface area contributed by atoms with Gasteiger partial charge in [0.25, 0.3) is 0 Å². The highest BCUT2D eigenvalue weighted by atomic mass is 79.9. The fraction of sp³-hybridized carbons (Fsp3) is 0.188. The van der Waals surface area contributed by atoms with Crippen LogP contribution in [0.1, 0.15) is 28.4 Å². The molecule has 0 bridgehead atoms. The molecule has 0 fully saturated rings. The molecule has 0 saturated heterocycles. The lowest BCUT2D eigenvalue weighted by Crippen LogP contribution is -2.04. The Bertz CT molecular complexity index is 671. The summed E-state index contributed by atoms with van der Waals surface area (Å²) in [4.78, 5) is 10.9. The molecular weight excluding hydrogens is 398 g/mol. The molecule has 2 aromatic carbocycles. The Balaban J connectivity index is 2.15. The second kappa shape index (κ2) is 7.09. The molecule has 0 radical (unpaired) electrons. The Labute approximate surface area is 140 Å². The van der Waals surface area contributed by atoms with Gasteiger partial charge in [-0.3, -0.25) is 0 Å². The Morgan fingerprint density at radius 2 is 1.90 bits per heavy atom. The molecule has 0 aromatic heterocycles. The predicted molar refractivity (Wildman–Crippen MR) is 91.9 cm³/mol. The zero-order valence-electron chi connectivity index (χ0n) is 11.5. The highest BCUT2D eigenvalue weighted by Crippen LogP contribution is 2.24. The molecule has 5 heteroatoms. The van der Waals surface area contributed by atoms with Gasteiger partial charge in [0.1, 0.15) is 0 Å². The highest BCUT2D eigenvalue weighted by molar-refractivity contribution is 9.10. The third kappa shape index (κ3) is 4.08. The molecule has 0 aliphatic rings. The largest absolute Gasteiger partial charge is 0.478 e.